The number of hydrogen-bond donors (Lipinski definition) is 0. The molecule has 0 fully saturated rings. The largest absolute Gasteiger partial charge is 0.415 e. The lowest BCUT2D eigenvalue weighted by molar-refractivity contribution is -0.116. The minimum absolute atomic E-state index is 0.0757. The number of anilines is 1. The molecule has 24 heavy (non-hydrogen) atoms. The van der Waals surface area contributed by atoms with E-state index in [0.717, 1.165) is 18.7 Å². The van der Waals surface area contributed by atoms with Gasteiger partial charge in [0.15, 0.2) is 0 Å². The molecule has 0 spiro atoms. The predicted molar refractivity (Wildman–Crippen MR) is 101 cm³/mol. The van der Waals surface area contributed by atoms with Gasteiger partial charge in [0.25, 0.3) is 5.22 Å². The first-order valence-electron chi connectivity index (χ1n) is 7.67. The van der Waals surface area contributed by atoms with E-state index in [1.54, 1.807) is 11.8 Å². The normalized spacial score (nSPS) is 17.4. The third-order valence-corrected chi connectivity index (χ3v) is 6.16. The van der Waals surface area contributed by atoms with Crippen LogP contribution >= 0.6 is 35.3 Å². The quantitative estimate of drug-likeness (QED) is 0.727. The van der Waals surface area contributed by atoms with Crippen molar-refractivity contribution in [2.24, 2.45) is 0 Å². The van der Waals surface area contributed by atoms with Crippen LogP contribution in [-0.4, -0.2) is 39.9 Å². The van der Waals surface area contributed by atoms with Gasteiger partial charge in [0.05, 0.1) is 17.2 Å². The first-order chi connectivity index (χ1) is 11.7. The molecule has 0 radical (unpaired) electrons. The lowest BCUT2D eigenvalue weighted by Crippen LogP contribution is -2.33. The van der Waals surface area contributed by atoms with Crippen molar-refractivity contribution in [1.29, 1.82) is 0 Å². The Morgan fingerprint density at radius 3 is 3.08 bits per heavy atom. The summed E-state index contributed by atoms with van der Waals surface area (Å²) >= 11 is 4.76. The monoisotopic (exact) mass is 381 g/mol. The number of aromatic nitrogens is 2. The molecule has 0 bridgehead atoms. The van der Waals surface area contributed by atoms with Gasteiger partial charge in [0.2, 0.25) is 11.8 Å². The molecule has 1 aromatic heterocycles. The maximum atomic E-state index is 12.7. The van der Waals surface area contributed by atoms with Crippen LogP contribution in [0.1, 0.15) is 19.2 Å². The van der Waals surface area contributed by atoms with E-state index in [2.05, 4.69) is 23.2 Å². The van der Waals surface area contributed by atoms with E-state index in [4.69, 9.17) is 4.42 Å². The average molecular weight is 382 g/mol. The van der Waals surface area contributed by atoms with Crippen LogP contribution in [0.25, 0.3) is 0 Å². The van der Waals surface area contributed by atoms with Crippen molar-refractivity contribution in [3.63, 3.8) is 0 Å². The summed E-state index contributed by atoms with van der Waals surface area (Å²) in [5.41, 5.74) is 1.01. The van der Waals surface area contributed by atoms with Gasteiger partial charge in [0, 0.05) is 16.7 Å². The Labute approximate surface area is 154 Å². The molecule has 1 aliphatic rings. The predicted octanol–water partition coefficient (Wildman–Crippen LogP) is 3.94. The first-order valence-corrected chi connectivity index (χ1v) is 10.9. The summed E-state index contributed by atoms with van der Waals surface area (Å²) in [6.07, 6.45) is 2.96. The number of fused-ring (bicyclic) bond motifs is 1. The summed E-state index contributed by atoms with van der Waals surface area (Å²) in [7, 11) is 0. The second kappa shape index (κ2) is 8.31. The maximum Gasteiger partial charge on any atom is 0.277 e. The van der Waals surface area contributed by atoms with Gasteiger partial charge in [-0.2, -0.15) is 11.8 Å². The van der Waals surface area contributed by atoms with E-state index < -0.39 is 0 Å². The molecule has 1 atom stereocenters. The van der Waals surface area contributed by atoms with Crippen LogP contribution in [0.2, 0.25) is 0 Å². The zero-order valence-electron chi connectivity index (χ0n) is 13.6. The smallest absolute Gasteiger partial charge is 0.277 e. The fourth-order valence-electron chi connectivity index (χ4n) is 2.43. The topological polar surface area (TPSA) is 59.2 Å². The van der Waals surface area contributed by atoms with Gasteiger partial charge in [-0.3, -0.25) is 4.79 Å². The lowest BCUT2D eigenvalue weighted by Gasteiger charge is -2.22. The van der Waals surface area contributed by atoms with E-state index in [0.29, 0.717) is 27.9 Å². The minimum Gasteiger partial charge on any atom is -0.415 e. The van der Waals surface area contributed by atoms with Crippen molar-refractivity contribution in [2.45, 2.75) is 34.5 Å². The van der Waals surface area contributed by atoms with E-state index in [9.17, 15) is 4.79 Å². The number of carbonyl (C=O) groups excluding carboxylic acids is 1. The minimum atomic E-state index is 0.0757. The van der Waals surface area contributed by atoms with Crippen LogP contribution in [0.4, 0.5) is 5.69 Å². The molecule has 1 amide bonds. The second-order valence-corrected chi connectivity index (χ2v) is 8.69. The first kappa shape index (κ1) is 17.7. The number of hydrogen-bond acceptors (Lipinski definition) is 7. The van der Waals surface area contributed by atoms with Gasteiger partial charge >= 0.3 is 0 Å². The van der Waals surface area contributed by atoms with Crippen LogP contribution in [0.5, 0.6) is 0 Å². The SMILES string of the molecule is CSCc1nnc(SCC(=O)N2CCC(C)Sc3ccccc32)o1. The summed E-state index contributed by atoms with van der Waals surface area (Å²) in [6, 6.07) is 8.11. The molecular formula is C16H19N3O2S3. The summed E-state index contributed by atoms with van der Waals surface area (Å²) < 4.78 is 5.52. The van der Waals surface area contributed by atoms with Crippen molar-refractivity contribution in [3.8, 4) is 0 Å². The van der Waals surface area contributed by atoms with Crippen molar-refractivity contribution >= 4 is 46.9 Å². The third-order valence-electron chi connectivity index (χ3n) is 3.58. The van der Waals surface area contributed by atoms with Crippen molar-refractivity contribution in [2.75, 3.05) is 23.5 Å². The molecule has 0 saturated heterocycles. The van der Waals surface area contributed by atoms with Crippen LogP contribution in [-0.2, 0) is 10.5 Å². The Balaban J connectivity index is 1.67. The molecule has 2 heterocycles. The van der Waals surface area contributed by atoms with Gasteiger partial charge in [0.1, 0.15) is 0 Å². The van der Waals surface area contributed by atoms with E-state index >= 15 is 0 Å². The Morgan fingerprint density at radius 2 is 2.25 bits per heavy atom. The molecule has 0 aliphatic carbocycles. The molecule has 3 rings (SSSR count). The molecule has 1 unspecified atom stereocenters. The molecule has 8 heteroatoms. The number of thioether (sulfide) groups is 3. The van der Waals surface area contributed by atoms with Crippen LogP contribution < -0.4 is 4.90 Å². The molecule has 0 N–H and O–H groups in total. The zero-order valence-corrected chi connectivity index (χ0v) is 16.0. The lowest BCUT2D eigenvalue weighted by atomic mass is 10.2. The average Bonchev–Trinajstić information content (AvgIpc) is 2.94. The Morgan fingerprint density at radius 1 is 1.42 bits per heavy atom. The number of benzene rings is 1. The van der Waals surface area contributed by atoms with Gasteiger partial charge in [-0.05, 0) is 24.8 Å². The summed E-state index contributed by atoms with van der Waals surface area (Å²) in [6.45, 7) is 2.95. The molecule has 128 valence electrons. The van der Waals surface area contributed by atoms with Gasteiger partial charge in [-0.15, -0.1) is 22.0 Å². The molecule has 2 aromatic rings. The van der Waals surface area contributed by atoms with Crippen LogP contribution in [0.3, 0.4) is 0 Å². The van der Waals surface area contributed by atoms with Gasteiger partial charge in [-0.25, -0.2) is 0 Å². The van der Waals surface area contributed by atoms with Crippen LogP contribution in [0.15, 0.2) is 38.8 Å². The molecule has 0 saturated carbocycles. The third kappa shape index (κ3) is 4.29. The molecule has 1 aromatic carbocycles. The highest BCUT2D eigenvalue weighted by Crippen LogP contribution is 2.37. The Bertz CT molecular complexity index is 707. The van der Waals surface area contributed by atoms with E-state index in [1.165, 1.54) is 16.7 Å². The number of rotatable bonds is 5. The fourth-order valence-corrected chi connectivity index (χ4v) is 4.56. The van der Waals surface area contributed by atoms with Crippen molar-refractivity contribution in [1.82, 2.24) is 10.2 Å². The molecular weight excluding hydrogens is 362 g/mol. The highest BCUT2D eigenvalue weighted by atomic mass is 32.2. The summed E-state index contributed by atoms with van der Waals surface area (Å²) in [5.74, 6) is 1.67. The number of nitrogens with zero attached hydrogens (tertiary/aromatic N) is 3. The highest BCUT2D eigenvalue weighted by Gasteiger charge is 2.24. The highest BCUT2D eigenvalue weighted by molar-refractivity contribution is 8.00. The standard InChI is InChI=1S/C16H19N3O2S3/c1-11-7-8-19(12-5-3-4-6-13(12)24-11)15(20)10-23-16-18-17-14(21-16)9-22-2/h3-6,11H,7-10H2,1-2H3. The fraction of sp³-hybridized carbons (Fsp3) is 0.438. The number of para-hydroxylation sites is 1. The Hall–Kier alpha value is -1.12. The Kier molecular flexibility index (Phi) is 6.13. The zero-order chi connectivity index (χ0) is 16.9. The molecule has 1 aliphatic heterocycles. The van der Waals surface area contributed by atoms with Gasteiger partial charge in [-0.1, -0.05) is 30.8 Å². The summed E-state index contributed by atoms with van der Waals surface area (Å²) in [5, 5.41) is 8.91. The van der Waals surface area contributed by atoms with Crippen molar-refractivity contribution in [3.05, 3.63) is 30.2 Å². The summed E-state index contributed by atoms with van der Waals surface area (Å²) in [4.78, 5) is 15.8. The van der Waals surface area contributed by atoms with Gasteiger partial charge < -0.3 is 9.32 Å². The number of amides is 1. The maximum absolute atomic E-state index is 12.7. The molecule has 5 nitrogen and oxygen atoms in total. The number of carbonyl (C=O) groups is 1. The van der Waals surface area contributed by atoms with E-state index in [1.807, 2.05) is 41.1 Å². The second-order valence-electron chi connectivity index (χ2n) is 5.41. The van der Waals surface area contributed by atoms with Crippen molar-refractivity contribution < 1.29 is 9.21 Å². The van der Waals surface area contributed by atoms with Crippen LogP contribution in [0, 0.1) is 0 Å². The van der Waals surface area contributed by atoms with E-state index in [-0.39, 0.29) is 5.91 Å².